The largest absolute Gasteiger partial charge is 0.384 e. The Morgan fingerprint density at radius 2 is 1.63 bits per heavy atom. The Morgan fingerprint density at radius 3 is 2.30 bits per heavy atom. The lowest BCUT2D eigenvalue weighted by atomic mass is 9.74. The van der Waals surface area contributed by atoms with Gasteiger partial charge in [0.1, 0.15) is 5.82 Å². The molecule has 0 aromatic heterocycles. The molecule has 30 heavy (non-hydrogen) atoms. The fourth-order valence-corrected chi connectivity index (χ4v) is 4.52. The van der Waals surface area contributed by atoms with Gasteiger partial charge in [-0.05, 0) is 29.7 Å². The maximum absolute atomic E-state index is 13.7. The molecule has 1 heterocycles. The summed E-state index contributed by atoms with van der Waals surface area (Å²) in [6, 6.07) is 16.8. The molecule has 4 heteroatoms. The third kappa shape index (κ3) is 6.13. The first-order valence-corrected chi connectivity index (χ1v) is 11.5. The lowest BCUT2D eigenvalue weighted by Crippen LogP contribution is -2.45. The van der Waals surface area contributed by atoms with Crippen molar-refractivity contribution in [1.82, 2.24) is 4.90 Å². The summed E-state index contributed by atoms with van der Waals surface area (Å²) in [5.74, 6) is -0.359. The van der Waals surface area contributed by atoms with Crippen LogP contribution in [0.15, 0.2) is 54.6 Å². The number of nitrogens with zero attached hydrogens (tertiary/aromatic N) is 1. The lowest BCUT2D eigenvalue weighted by molar-refractivity contribution is -0.0296. The molecule has 0 amide bonds. The Balaban J connectivity index is 1.90. The molecule has 1 aliphatic heterocycles. The van der Waals surface area contributed by atoms with Crippen LogP contribution in [-0.4, -0.2) is 42.9 Å². The van der Waals surface area contributed by atoms with Gasteiger partial charge in [0.2, 0.25) is 0 Å². The number of aliphatic hydroxyl groups is 1. The fourth-order valence-electron chi connectivity index (χ4n) is 4.52. The van der Waals surface area contributed by atoms with Gasteiger partial charge in [0.05, 0.1) is 18.8 Å². The zero-order valence-electron chi connectivity index (χ0n) is 18.2. The lowest BCUT2D eigenvalue weighted by Gasteiger charge is -2.41. The second-order valence-corrected chi connectivity index (χ2v) is 8.47. The number of unbranched alkanes of at least 4 members (excludes halogenated alkanes) is 4. The summed E-state index contributed by atoms with van der Waals surface area (Å²) in [6.07, 6.45) is 6.36. The zero-order valence-corrected chi connectivity index (χ0v) is 18.2. The van der Waals surface area contributed by atoms with E-state index in [-0.39, 0.29) is 11.7 Å². The van der Waals surface area contributed by atoms with Crippen molar-refractivity contribution in [2.45, 2.75) is 57.0 Å². The van der Waals surface area contributed by atoms with Gasteiger partial charge in [-0.25, -0.2) is 4.39 Å². The number of morpholine rings is 1. The van der Waals surface area contributed by atoms with Crippen LogP contribution >= 0.6 is 0 Å². The van der Waals surface area contributed by atoms with Crippen LogP contribution in [0.3, 0.4) is 0 Å². The third-order valence-corrected chi connectivity index (χ3v) is 6.33. The van der Waals surface area contributed by atoms with E-state index in [2.05, 4.69) is 24.0 Å². The van der Waals surface area contributed by atoms with Crippen LogP contribution < -0.4 is 0 Å². The second kappa shape index (κ2) is 11.6. The molecule has 3 nitrogen and oxygen atoms in total. The zero-order chi connectivity index (χ0) is 21.2. The highest BCUT2D eigenvalue weighted by Crippen LogP contribution is 2.42. The predicted molar refractivity (Wildman–Crippen MR) is 120 cm³/mol. The summed E-state index contributed by atoms with van der Waals surface area (Å²) < 4.78 is 19.2. The second-order valence-electron chi connectivity index (χ2n) is 8.47. The van der Waals surface area contributed by atoms with E-state index in [1.807, 2.05) is 18.2 Å². The van der Waals surface area contributed by atoms with Gasteiger partial charge >= 0.3 is 0 Å². The minimum Gasteiger partial charge on any atom is -0.384 e. The van der Waals surface area contributed by atoms with Gasteiger partial charge in [-0.1, -0.05) is 81.5 Å². The number of ether oxygens (including phenoxy) is 1. The Labute approximate surface area is 180 Å². The van der Waals surface area contributed by atoms with Crippen molar-refractivity contribution in [3.63, 3.8) is 0 Å². The molecule has 0 bridgehead atoms. The van der Waals surface area contributed by atoms with Gasteiger partial charge in [-0.3, -0.25) is 4.90 Å². The summed E-state index contributed by atoms with van der Waals surface area (Å²) >= 11 is 0. The van der Waals surface area contributed by atoms with Crippen molar-refractivity contribution in [3.05, 3.63) is 71.5 Å². The van der Waals surface area contributed by atoms with E-state index in [1.165, 1.54) is 31.4 Å². The third-order valence-electron chi connectivity index (χ3n) is 6.33. The van der Waals surface area contributed by atoms with Crippen LogP contribution in [0.5, 0.6) is 0 Å². The molecule has 2 aromatic rings. The summed E-state index contributed by atoms with van der Waals surface area (Å²) in [6.45, 7) is 6.18. The Bertz CT molecular complexity index is 730. The normalized spacial score (nSPS) is 18.1. The molecule has 0 unspecified atom stereocenters. The number of rotatable bonds is 11. The Hall–Kier alpha value is -1.75. The first-order valence-electron chi connectivity index (χ1n) is 11.5. The van der Waals surface area contributed by atoms with E-state index in [9.17, 15) is 9.50 Å². The number of halogens is 1. The van der Waals surface area contributed by atoms with Gasteiger partial charge in [0.25, 0.3) is 0 Å². The molecule has 0 aliphatic carbocycles. The van der Waals surface area contributed by atoms with Crippen LogP contribution in [0.4, 0.5) is 4.39 Å². The van der Waals surface area contributed by atoms with Crippen LogP contribution in [0, 0.1) is 5.82 Å². The van der Waals surface area contributed by atoms with Crippen molar-refractivity contribution in [2.75, 3.05) is 32.8 Å². The molecule has 0 radical (unpaired) electrons. The summed E-state index contributed by atoms with van der Waals surface area (Å²) in [5, 5.41) is 12.2. The standard InChI is InChI=1S/C26H36FNO2/c1-2-3-4-5-9-16-26(29,23-12-14-24(27)15-13-23)25(22-10-7-6-8-11-22)21-28-17-19-30-20-18-28/h6-8,10-15,25,29H,2-5,9,16-21H2,1H3/t25-,26-/m0/s1. The molecule has 1 fully saturated rings. The average Bonchev–Trinajstić information content (AvgIpc) is 2.79. The van der Waals surface area contributed by atoms with E-state index in [1.54, 1.807) is 12.1 Å². The fraction of sp³-hybridized carbons (Fsp3) is 0.538. The molecule has 2 atom stereocenters. The van der Waals surface area contributed by atoms with Crippen molar-refractivity contribution < 1.29 is 14.2 Å². The summed E-state index contributed by atoms with van der Waals surface area (Å²) in [4.78, 5) is 2.38. The molecule has 0 saturated carbocycles. The molecule has 1 aliphatic rings. The molecule has 1 saturated heterocycles. The van der Waals surface area contributed by atoms with E-state index >= 15 is 0 Å². The number of hydrogen-bond donors (Lipinski definition) is 1. The molecule has 2 aromatic carbocycles. The van der Waals surface area contributed by atoms with Crippen molar-refractivity contribution in [2.24, 2.45) is 0 Å². The van der Waals surface area contributed by atoms with Crippen LogP contribution in [-0.2, 0) is 10.3 Å². The monoisotopic (exact) mass is 413 g/mol. The molecular formula is C26H36FNO2. The topological polar surface area (TPSA) is 32.7 Å². The minimum atomic E-state index is -1.04. The molecule has 0 spiro atoms. The van der Waals surface area contributed by atoms with E-state index in [0.29, 0.717) is 6.42 Å². The van der Waals surface area contributed by atoms with E-state index in [0.717, 1.165) is 56.8 Å². The van der Waals surface area contributed by atoms with Gasteiger partial charge in [-0.2, -0.15) is 0 Å². The Kier molecular flexibility index (Phi) is 8.86. The Morgan fingerprint density at radius 1 is 0.967 bits per heavy atom. The van der Waals surface area contributed by atoms with Gasteiger partial charge in [0, 0.05) is 25.6 Å². The quantitative estimate of drug-likeness (QED) is 0.495. The maximum Gasteiger partial charge on any atom is 0.123 e. The summed E-state index contributed by atoms with van der Waals surface area (Å²) in [7, 11) is 0. The van der Waals surface area contributed by atoms with Crippen LogP contribution in [0.2, 0.25) is 0 Å². The number of hydrogen-bond acceptors (Lipinski definition) is 3. The average molecular weight is 414 g/mol. The first kappa shape index (κ1) is 22.9. The number of benzene rings is 2. The van der Waals surface area contributed by atoms with Gasteiger partial charge in [0.15, 0.2) is 0 Å². The van der Waals surface area contributed by atoms with Crippen molar-refractivity contribution in [3.8, 4) is 0 Å². The highest BCUT2D eigenvalue weighted by atomic mass is 19.1. The molecule has 3 rings (SSSR count). The SMILES string of the molecule is CCCCCCC[C@](O)(c1ccc(F)cc1)[C@@H](CN1CCOCC1)c1ccccc1. The van der Waals surface area contributed by atoms with E-state index < -0.39 is 5.60 Å². The van der Waals surface area contributed by atoms with E-state index in [4.69, 9.17) is 4.74 Å². The predicted octanol–water partition coefficient (Wildman–Crippen LogP) is 5.49. The molecular weight excluding hydrogens is 377 g/mol. The highest BCUT2D eigenvalue weighted by molar-refractivity contribution is 5.32. The van der Waals surface area contributed by atoms with Crippen molar-refractivity contribution in [1.29, 1.82) is 0 Å². The van der Waals surface area contributed by atoms with Crippen molar-refractivity contribution >= 4 is 0 Å². The molecule has 164 valence electrons. The summed E-state index contributed by atoms with van der Waals surface area (Å²) in [5.41, 5.74) is 0.894. The van der Waals surface area contributed by atoms with Crippen LogP contribution in [0.25, 0.3) is 0 Å². The van der Waals surface area contributed by atoms with Gasteiger partial charge in [-0.15, -0.1) is 0 Å². The minimum absolute atomic E-state index is 0.0894. The smallest absolute Gasteiger partial charge is 0.123 e. The highest BCUT2D eigenvalue weighted by Gasteiger charge is 2.40. The first-order chi connectivity index (χ1) is 14.6. The van der Waals surface area contributed by atoms with Gasteiger partial charge < -0.3 is 9.84 Å². The molecule has 1 N–H and O–H groups in total. The maximum atomic E-state index is 13.7. The van der Waals surface area contributed by atoms with Crippen LogP contribution in [0.1, 0.15) is 62.5 Å².